The van der Waals surface area contributed by atoms with Crippen molar-refractivity contribution in [2.24, 2.45) is 0 Å². The van der Waals surface area contributed by atoms with E-state index < -0.39 is 0 Å². The number of rotatable bonds is 6. The monoisotopic (exact) mass is 474 g/mol. The van der Waals surface area contributed by atoms with Crippen molar-refractivity contribution in [3.63, 3.8) is 0 Å². The summed E-state index contributed by atoms with van der Waals surface area (Å²) in [7, 11) is 0. The number of carbonyl (C=O) groups is 2. The molecule has 3 aromatic carbocycles. The molecule has 5 nitrogen and oxygen atoms in total. The maximum absolute atomic E-state index is 13.0. The van der Waals surface area contributed by atoms with Crippen LogP contribution in [0.2, 0.25) is 0 Å². The number of benzene rings is 3. The summed E-state index contributed by atoms with van der Waals surface area (Å²) in [5, 5.41) is 1.12. The standard InChI is InChI=1S/C26H22N2O3S2/c1-17-11-13-19(14-12-17)16-31-22-10-6-4-8-20(22)15-23-25(30)28(26(32)33-23)27-24(29)21-9-5-3-7-18(21)2/h3-15H,16H2,1-2H3,(H,27,29)/b23-15+. The van der Waals surface area contributed by atoms with Gasteiger partial charge in [0.1, 0.15) is 12.4 Å². The molecule has 0 aliphatic carbocycles. The summed E-state index contributed by atoms with van der Waals surface area (Å²) in [6, 6.07) is 22.8. The Bertz CT molecular complexity index is 1250. The molecule has 0 spiro atoms. The van der Waals surface area contributed by atoms with Gasteiger partial charge in [-0.3, -0.25) is 15.0 Å². The van der Waals surface area contributed by atoms with E-state index in [1.54, 1.807) is 18.2 Å². The van der Waals surface area contributed by atoms with Gasteiger partial charge in [0.15, 0.2) is 4.32 Å². The van der Waals surface area contributed by atoms with Crippen molar-refractivity contribution >= 4 is 46.2 Å². The molecule has 33 heavy (non-hydrogen) atoms. The van der Waals surface area contributed by atoms with Crippen LogP contribution in [-0.2, 0) is 11.4 Å². The van der Waals surface area contributed by atoms with Gasteiger partial charge in [-0.15, -0.1) is 0 Å². The fourth-order valence-electron chi connectivity index (χ4n) is 3.27. The first-order valence-electron chi connectivity index (χ1n) is 10.3. The molecule has 1 aliphatic heterocycles. The van der Waals surface area contributed by atoms with Crippen LogP contribution in [0.3, 0.4) is 0 Å². The van der Waals surface area contributed by atoms with E-state index in [0.717, 1.165) is 33.5 Å². The maximum Gasteiger partial charge on any atom is 0.285 e. The molecule has 0 unspecified atom stereocenters. The first-order valence-corrected chi connectivity index (χ1v) is 11.6. The van der Waals surface area contributed by atoms with Crippen LogP contribution in [0.4, 0.5) is 0 Å². The molecule has 4 rings (SSSR count). The summed E-state index contributed by atoms with van der Waals surface area (Å²) in [5.41, 5.74) is 6.94. The number of hydrogen-bond acceptors (Lipinski definition) is 5. The van der Waals surface area contributed by atoms with Crippen LogP contribution >= 0.6 is 24.0 Å². The van der Waals surface area contributed by atoms with E-state index >= 15 is 0 Å². The molecule has 0 saturated carbocycles. The zero-order valence-corrected chi connectivity index (χ0v) is 19.8. The van der Waals surface area contributed by atoms with Gasteiger partial charge in [0.2, 0.25) is 0 Å². The number of para-hydroxylation sites is 1. The largest absolute Gasteiger partial charge is 0.488 e. The molecule has 1 N–H and O–H groups in total. The molecule has 1 aliphatic rings. The van der Waals surface area contributed by atoms with Gasteiger partial charge in [0.05, 0.1) is 4.91 Å². The summed E-state index contributed by atoms with van der Waals surface area (Å²) in [6.07, 6.45) is 1.74. The van der Waals surface area contributed by atoms with E-state index in [1.165, 1.54) is 5.56 Å². The minimum atomic E-state index is -0.382. The summed E-state index contributed by atoms with van der Waals surface area (Å²) >= 11 is 6.49. The van der Waals surface area contributed by atoms with Crippen LogP contribution in [0.5, 0.6) is 5.75 Å². The van der Waals surface area contributed by atoms with Crippen molar-refractivity contribution < 1.29 is 14.3 Å². The fraction of sp³-hybridized carbons (Fsp3) is 0.115. The van der Waals surface area contributed by atoms with Gasteiger partial charge >= 0.3 is 0 Å². The van der Waals surface area contributed by atoms with Gasteiger partial charge in [-0.25, -0.2) is 0 Å². The molecular weight excluding hydrogens is 452 g/mol. The average Bonchev–Trinajstić information content (AvgIpc) is 3.07. The molecule has 1 saturated heterocycles. The molecule has 1 heterocycles. The van der Waals surface area contributed by atoms with Crippen LogP contribution in [0.1, 0.15) is 32.6 Å². The second kappa shape index (κ2) is 10.0. The van der Waals surface area contributed by atoms with Crippen molar-refractivity contribution in [3.8, 4) is 5.75 Å². The summed E-state index contributed by atoms with van der Waals surface area (Å²) in [4.78, 5) is 26.1. The van der Waals surface area contributed by atoms with E-state index in [1.807, 2.05) is 74.5 Å². The SMILES string of the molecule is Cc1ccc(COc2ccccc2/C=C2/SC(=S)N(NC(=O)c3ccccc3C)C2=O)cc1. The summed E-state index contributed by atoms with van der Waals surface area (Å²) in [5.74, 6) is -0.0972. The lowest BCUT2D eigenvalue weighted by Crippen LogP contribution is -2.45. The Morgan fingerprint density at radius 2 is 1.73 bits per heavy atom. The molecule has 2 amide bonds. The Morgan fingerprint density at radius 3 is 2.48 bits per heavy atom. The smallest absolute Gasteiger partial charge is 0.285 e. The molecular formula is C26H22N2O3S2. The topological polar surface area (TPSA) is 58.6 Å². The third-order valence-corrected chi connectivity index (χ3v) is 6.42. The van der Waals surface area contributed by atoms with Gasteiger partial charge in [-0.2, -0.15) is 5.01 Å². The van der Waals surface area contributed by atoms with Crippen molar-refractivity contribution in [1.29, 1.82) is 0 Å². The third kappa shape index (κ3) is 5.32. The minimum Gasteiger partial charge on any atom is -0.488 e. The number of hydrazine groups is 1. The Balaban J connectivity index is 1.50. The van der Waals surface area contributed by atoms with Crippen LogP contribution in [0.25, 0.3) is 6.08 Å². The Kier molecular flexibility index (Phi) is 6.91. The molecule has 0 atom stereocenters. The van der Waals surface area contributed by atoms with Gasteiger partial charge in [0, 0.05) is 11.1 Å². The molecule has 0 bridgehead atoms. The van der Waals surface area contributed by atoms with Crippen LogP contribution in [0.15, 0.2) is 77.7 Å². The van der Waals surface area contributed by atoms with Gasteiger partial charge in [-0.1, -0.05) is 78.0 Å². The maximum atomic E-state index is 13.0. The zero-order chi connectivity index (χ0) is 23.4. The molecule has 3 aromatic rings. The highest BCUT2D eigenvalue weighted by molar-refractivity contribution is 8.26. The van der Waals surface area contributed by atoms with E-state index in [2.05, 4.69) is 5.43 Å². The summed E-state index contributed by atoms with van der Waals surface area (Å²) < 4.78 is 6.29. The fourth-order valence-corrected chi connectivity index (χ4v) is 4.44. The van der Waals surface area contributed by atoms with Crippen molar-refractivity contribution in [1.82, 2.24) is 10.4 Å². The number of nitrogens with zero attached hydrogens (tertiary/aromatic N) is 1. The van der Waals surface area contributed by atoms with Crippen molar-refractivity contribution in [2.75, 3.05) is 0 Å². The predicted octanol–water partition coefficient (Wildman–Crippen LogP) is 5.43. The lowest BCUT2D eigenvalue weighted by atomic mass is 10.1. The quantitative estimate of drug-likeness (QED) is 0.381. The Labute approximate surface area is 202 Å². The minimum absolute atomic E-state index is 0.270. The van der Waals surface area contributed by atoms with Crippen LogP contribution < -0.4 is 10.2 Å². The zero-order valence-electron chi connectivity index (χ0n) is 18.2. The number of carbonyl (C=O) groups excluding carboxylic acids is 2. The van der Waals surface area contributed by atoms with Gasteiger partial charge in [-0.05, 0) is 55.4 Å². The molecule has 1 fully saturated rings. The second-order valence-electron chi connectivity index (χ2n) is 7.59. The van der Waals surface area contributed by atoms with Crippen molar-refractivity contribution in [2.45, 2.75) is 20.5 Å². The highest BCUT2D eigenvalue weighted by Crippen LogP contribution is 2.33. The number of nitrogens with one attached hydrogen (secondary N) is 1. The first-order chi connectivity index (χ1) is 15.9. The van der Waals surface area contributed by atoms with Gasteiger partial charge < -0.3 is 4.74 Å². The van der Waals surface area contributed by atoms with E-state index in [4.69, 9.17) is 17.0 Å². The van der Waals surface area contributed by atoms with Gasteiger partial charge in [0.25, 0.3) is 11.8 Å². The van der Waals surface area contributed by atoms with Crippen LogP contribution in [-0.4, -0.2) is 21.1 Å². The van der Waals surface area contributed by atoms with Crippen LogP contribution in [0, 0.1) is 13.8 Å². The second-order valence-corrected chi connectivity index (χ2v) is 9.26. The molecule has 166 valence electrons. The summed E-state index contributed by atoms with van der Waals surface area (Å²) in [6.45, 7) is 4.30. The van der Waals surface area contributed by atoms with Crippen molar-refractivity contribution in [3.05, 3.63) is 106 Å². The van der Waals surface area contributed by atoms with E-state index in [0.29, 0.717) is 22.8 Å². The molecule has 7 heteroatoms. The third-order valence-electron chi connectivity index (χ3n) is 5.12. The predicted molar refractivity (Wildman–Crippen MR) is 136 cm³/mol. The number of amides is 2. The van der Waals surface area contributed by atoms with E-state index in [-0.39, 0.29) is 16.1 Å². The highest BCUT2D eigenvalue weighted by atomic mass is 32.2. The lowest BCUT2D eigenvalue weighted by Gasteiger charge is -2.16. The number of ether oxygens (including phenoxy) is 1. The number of hydrogen-bond donors (Lipinski definition) is 1. The Hall–Kier alpha value is -3.42. The lowest BCUT2D eigenvalue weighted by molar-refractivity contribution is -0.123. The normalized spacial score (nSPS) is 14.6. The number of thioether (sulfide) groups is 1. The Morgan fingerprint density at radius 1 is 1.03 bits per heavy atom. The number of aryl methyl sites for hydroxylation is 2. The molecule has 0 radical (unpaired) electrons. The van der Waals surface area contributed by atoms with E-state index in [9.17, 15) is 9.59 Å². The molecule has 0 aromatic heterocycles. The average molecular weight is 475 g/mol. The highest BCUT2D eigenvalue weighted by Gasteiger charge is 2.34. The first kappa shape index (κ1) is 22.8. The number of thiocarbonyl (C=S) groups is 1.